The summed E-state index contributed by atoms with van der Waals surface area (Å²) >= 11 is 0. The molecule has 11 nitrogen and oxygen atoms in total. The highest BCUT2D eigenvalue weighted by Gasteiger charge is 2.21. The van der Waals surface area contributed by atoms with Crippen molar-refractivity contribution in [2.45, 2.75) is 44.4 Å². The van der Waals surface area contributed by atoms with E-state index in [2.05, 4.69) is 15.6 Å². The van der Waals surface area contributed by atoms with Crippen LogP contribution in [0.5, 0.6) is 17.2 Å². The van der Waals surface area contributed by atoms with Gasteiger partial charge in [-0.05, 0) is 67.6 Å². The van der Waals surface area contributed by atoms with Crippen LogP contribution in [0.2, 0.25) is 0 Å². The van der Waals surface area contributed by atoms with E-state index >= 15 is 0 Å². The van der Waals surface area contributed by atoms with Gasteiger partial charge in [-0.2, -0.15) is 0 Å². The maximum absolute atomic E-state index is 13.2. The van der Waals surface area contributed by atoms with Crippen molar-refractivity contribution in [1.29, 1.82) is 0 Å². The number of oxime groups is 2. The third kappa shape index (κ3) is 7.39. The van der Waals surface area contributed by atoms with Crippen LogP contribution in [0.25, 0.3) is 0 Å². The van der Waals surface area contributed by atoms with Gasteiger partial charge in [-0.25, -0.2) is 0 Å². The number of amides is 1. The first kappa shape index (κ1) is 27.3. The number of hydrogen-bond donors (Lipinski definition) is 6. The molecule has 0 radical (unpaired) electrons. The minimum Gasteiger partial charge on any atom is -0.489 e. The Morgan fingerprint density at radius 1 is 0.795 bits per heavy atom. The van der Waals surface area contributed by atoms with Crippen molar-refractivity contribution in [2.75, 3.05) is 0 Å². The number of nitrogens with two attached hydrogens (primary N) is 3. The minimum atomic E-state index is -0.226. The van der Waals surface area contributed by atoms with Crippen molar-refractivity contribution in [3.63, 3.8) is 0 Å². The summed E-state index contributed by atoms with van der Waals surface area (Å²) in [7, 11) is 0. The van der Waals surface area contributed by atoms with E-state index in [9.17, 15) is 4.79 Å². The van der Waals surface area contributed by atoms with E-state index < -0.39 is 0 Å². The minimum absolute atomic E-state index is 0.0149. The molecule has 3 aromatic carbocycles. The molecule has 0 saturated heterocycles. The molecule has 0 heterocycles. The maximum atomic E-state index is 13.2. The Kier molecular flexibility index (Phi) is 8.85. The number of rotatable bonds is 9. The predicted molar refractivity (Wildman–Crippen MR) is 146 cm³/mol. The highest BCUT2D eigenvalue weighted by atomic mass is 16.5. The second-order valence-electron chi connectivity index (χ2n) is 9.36. The lowest BCUT2D eigenvalue weighted by Gasteiger charge is -2.26. The maximum Gasteiger partial charge on any atom is 0.251 e. The zero-order valence-electron chi connectivity index (χ0n) is 21.3. The summed E-state index contributed by atoms with van der Waals surface area (Å²) < 4.78 is 12.0. The molecule has 1 aliphatic carbocycles. The summed E-state index contributed by atoms with van der Waals surface area (Å²) in [6, 6.07) is 19.0. The standard InChI is InChI=1S/C28H32N6O5/c29-21-7-9-22(10-8-21)32-28(35)20-13-24(38-16-17-1-3-18(4-2-17)26(30)33-36)15-25(14-20)39-23-11-5-19(6-12-23)27(31)34-37/h1-6,11-15,21-22,36-37H,7-10,16,29H2,(H2,30,33)(H2,31,34)(H,32,35). The van der Waals surface area contributed by atoms with Gasteiger partial charge in [0.25, 0.3) is 5.91 Å². The number of ether oxygens (including phenoxy) is 2. The van der Waals surface area contributed by atoms with Crippen LogP contribution in [0, 0.1) is 0 Å². The molecule has 4 rings (SSSR count). The third-order valence-electron chi connectivity index (χ3n) is 6.51. The molecule has 1 amide bonds. The monoisotopic (exact) mass is 532 g/mol. The van der Waals surface area contributed by atoms with Crippen molar-refractivity contribution in [1.82, 2.24) is 5.32 Å². The topological polar surface area (TPSA) is 191 Å². The molecule has 0 unspecified atom stereocenters. The predicted octanol–water partition coefficient (Wildman–Crippen LogP) is 3.25. The summed E-state index contributed by atoms with van der Waals surface area (Å²) in [5.74, 6) is 1.12. The first-order valence-electron chi connectivity index (χ1n) is 12.5. The zero-order valence-corrected chi connectivity index (χ0v) is 21.3. The van der Waals surface area contributed by atoms with Gasteiger partial charge in [0.05, 0.1) is 0 Å². The number of hydrogen-bond acceptors (Lipinski definition) is 8. The molecule has 0 bridgehead atoms. The molecule has 9 N–H and O–H groups in total. The number of carbonyl (C=O) groups excluding carboxylic acids is 1. The van der Waals surface area contributed by atoms with Crippen LogP contribution in [0.15, 0.2) is 77.0 Å². The number of amidine groups is 2. The van der Waals surface area contributed by atoms with Crippen molar-refractivity contribution in [2.24, 2.45) is 27.5 Å². The van der Waals surface area contributed by atoms with Gasteiger partial charge in [0, 0.05) is 34.8 Å². The van der Waals surface area contributed by atoms with Gasteiger partial charge in [0.15, 0.2) is 11.7 Å². The van der Waals surface area contributed by atoms with E-state index in [1.807, 2.05) is 0 Å². The molecule has 0 spiro atoms. The molecule has 39 heavy (non-hydrogen) atoms. The largest absolute Gasteiger partial charge is 0.489 e. The van der Waals surface area contributed by atoms with E-state index in [0.29, 0.717) is 33.9 Å². The van der Waals surface area contributed by atoms with Crippen LogP contribution in [0.4, 0.5) is 0 Å². The Labute approximate surface area is 225 Å². The van der Waals surface area contributed by atoms with E-state index in [1.54, 1.807) is 66.7 Å². The summed E-state index contributed by atoms with van der Waals surface area (Å²) in [6.45, 7) is 0.218. The Balaban J connectivity index is 1.53. The number of carbonyl (C=O) groups is 1. The molecule has 0 atom stereocenters. The van der Waals surface area contributed by atoms with E-state index in [1.165, 1.54) is 0 Å². The molecular formula is C28H32N6O5. The highest BCUT2D eigenvalue weighted by molar-refractivity contribution is 5.97. The number of nitrogens with zero attached hydrogens (tertiary/aromatic N) is 2. The normalized spacial score (nSPS) is 17.9. The van der Waals surface area contributed by atoms with Crippen LogP contribution in [-0.2, 0) is 6.61 Å². The van der Waals surface area contributed by atoms with Crippen LogP contribution < -0.4 is 32.0 Å². The van der Waals surface area contributed by atoms with Gasteiger partial charge in [0.1, 0.15) is 23.9 Å². The SMILES string of the molecule is NC(=NO)c1ccc(COc2cc(Oc3ccc(C(N)=NO)cc3)cc(C(=O)NC3CCC(N)CC3)c2)cc1. The third-order valence-corrected chi connectivity index (χ3v) is 6.51. The molecule has 1 aliphatic rings. The van der Waals surface area contributed by atoms with Crippen LogP contribution in [0.1, 0.15) is 52.7 Å². The summed E-state index contributed by atoms with van der Waals surface area (Å²) in [5, 5.41) is 26.8. The number of benzene rings is 3. The Morgan fingerprint density at radius 2 is 1.36 bits per heavy atom. The Morgan fingerprint density at radius 3 is 1.95 bits per heavy atom. The first-order valence-corrected chi connectivity index (χ1v) is 12.5. The molecule has 204 valence electrons. The lowest BCUT2D eigenvalue weighted by Crippen LogP contribution is -2.40. The Hall–Kier alpha value is -4.77. The molecular weight excluding hydrogens is 500 g/mol. The van der Waals surface area contributed by atoms with Crippen molar-refractivity contribution in [3.8, 4) is 17.2 Å². The van der Waals surface area contributed by atoms with Gasteiger partial charge in [0.2, 0.25) is 0 Å². The lowest BCUT2D eigenvalue weighted by molar-refractivity contribution is 0.0925. The lowest BCUT2D eigenvalue weighted by atomic mass is 9.91. The van der Waals surface area contributed by atoms with E-state index in [-0.39, 0.29) is 36.3 Å². The average molecular weight is 533 g/mol. The van der Waals surface area contributed by atoms with Crippen LogP contribution in [0.3, 0.4) is 0 Å². The van der Waals surface area contributed by atoms with Gasteiger partial charge < -0.3 is 42.4 Å². The van der Waals surface area contributed by atoms with Gasteiger partial charge in [-0.15, -0.1) is 0 Å². The summed E-state index contributed by atoms with van der Waals surface area (Å²) in [6.07, 6.45) is 3.41. The quantitative estimate of drug-likeness (QED) is 0.105. The fourth-order valence-electron chi connectivity index (χ4n) is 4.26. The molecule has 11 heteroatoms. The fourth-order valence-corrected chi connectivity index (χ4v) is 4.26. The van der Waals surface area contributed by atoms with Crippen LogP contribution in [-0.4, -0.2) is 40.1 Å². The van der Waals surface area contributed by atoms with Gasteiger partial charge in [-0.1, -0.05) is 34.6 Å². The second-order valence-corrected chi connectivity index (χ2v) is 9.36. The molecule has 3 aromatic rings. The van der Waals surface area contributed by atoms with Crippen molar-refractivity contribution < 1.29 is 24.7 Å². The van der Waals surface area contributed by atoms with Gasteiger partial charge >= 0.3 is 0 Å². The zero-order chi connectivity index (χ0) is 27.8. The van der Waals surface area contributed by atoms with Crippen LogP contribution >= 0.6 is 0 Å². The molecule has 1 saturated carbocycles. The van der Waals surface area contributed by atoms with Gasteiger partial charge in [-0.3, -0.25) is 4.79 Å². The average Bonchev–Trinajstić information content (AvgIpc) is 2.97. The first-order chi connectivity index (χ1) is 18.8. The Bertz CT molecular complexity index is 1330. The molecule has 0 aromatic heterocycles. The second kappa shape index (κ2) is 12.7. The molecule has 1 fully saturated rings. The van der Waals surface area contributed by atoms with Crippen molar-refractivity contribution in [3.05, 3.63) is 89.0 Å². The fraction of sp³-hybridized carbons (Fsp3) is 0.250. The smallest absolute Gasteiger partial charge is 0.251 e. The molecule has 0 aliphatic heterocycles. The number of nitrogens with one attached hydrogen (secondary N) is 1. The highest BCUT2D eigenvalue weighted by Crippen LogP contribution is 2.29. The van der Waals surface area contributed by atoms with Crippen molar-refractivity contribution >= 4 is 17.6 Å². The van der Waals surface area contributed by atoms with E-state index in [0.717, 1.165) is 31.2 Å². The summed E-state index contributed by atoms with van der Waals surface area (Å²) in [5.41, 5.74) is 19.6. The summed E-state index contributed by atoms with van der Waals surface area (Å²) in [4.78, 5) is 13.2. The van der Waals surface area contributed by atoms with E-state index in [4.69, 9.17) is 37.1 Å².